The van der Waals surface area contributed by atoms with Crippen LogP contribution in [0.4, 0.5) is 5.69 Å². The largest absolute Gasteiger partial charge is 0.381 e. The van der Waals surface area contributed by atoms with Crippen molar-refractivity contribution in [2.24, 2.45) is 5.73 Å². The molecule has 0 unspecified atom stereocenters. The van der Waals surface area contributed by atoms with E-state index in [1.54, 1.807) is 6.20 Å². The van der Waals surface area contributed by atoms with Crippen molar-refractivity contribution in [2.45, 2.75) is 12.8 Å². The molecule has 0 radical (unpaired) electrons. The molecule has 0 bridgehead atoms. The van der Waals surface area contributed by atoms with Crippen LogP contribution >= 0.6 is 11.6 Å². The Morgan fingerprint density at radius 2 is 2.28 bits per heavy atom. The summed E-state index contributed by atoms with van der Waals surface area (Å²) in [5.74, 6) is 0.814. The van der Waals surface area contributed by atoms with E-state index in [0.717, 1.165) is 35.0 Å². The Bertz CT molecular complexity index is 498. The van der Waals surface area contributed by atoms with Gasteiger partial charge in [-0.2, -0.15) is 0 Å². The van der Waals surface area contributed by atoms with Gasteiger partial charge in [-0.05, 0) is 30.7 Å². The minimum absolute atomic E-state index is 0.669. The van der Waals surface area contributed by atoms with Crippen molar-refractivity contribution in [3.63, 3.8) is 0 Å². The fraction of sp³-hybridized carbons (Fsp3) is 0.308. The van der Waals surface area contributed by atoms with Crippen molar-refractivity contribution in [1.29, 1.82) is 0 Å². The molecule has 0 aliphatic carbocycles. The maximum absolute atomic E-state index is 5.95. The molecular formula is C13H16ClN3O. The minimum atomic E-state index is 0.669. The van der Waals surface area contributed by atoms with Gasteiger partial charge in [-0.15, -0.1) is 0 Å². The van der Waals surface area contributed by atoms with Crippen LogP contribution in [0.3, 0.4) is 0 Å². The summed E-state index contributed by atoms with van der Waals surface area (Å²) in [6, 6.07) is 7.72. The maximum Gasteiger partial charge on any atom is 0.164 e. The molecule has 1 heterocycles. The summed E-state index contributed by atoms with van der Waals surface area (Å²) in [6.45, 7) is 1.49. The highest BCUT2D eigenvalue weighted by Gasteiger charge is 2.08. The number of anilines is 1. The summed E-state index contributed by atoms with van der Waals surface area (Å²) in [7, 11) is 0. The van der Waals surface area contributed by atoms with Crippen LogP contribution in [0.5, 0.6) is 0 Å². The third-order valence-electron chi connectivity index (χ3n) is 2.60. The SMILES string of the molecule is NCCCNc1cnoc1Cc1cccc(Cl)c1. The van der Waals surface area contributed by atoms with Crippen LogP contribution in [-0.2, 0) is 6.42 Å². The molecule has 18 heavy (non-hydrogen) atoms. The molecule has 1 aromatic carbocycles. The molecule has 0 saturated heterocycles. The highest BCUT2D eigenvalue weighted by atomic mass is 35.5. The number of aromatic nitrogens is 1. The fourth-order valence-corrected chi connectivity index (χ4v) is 1.91. The van der Waals surface area contributed by atoms with Gasteiger partial charge < -0.3 is 15.6 Å². The van der Waals surface area contributed by atoms with Crippen molar-refractivity contribution >= 4 is 17.3 Å². The Balaban J connectivity index is 2.03. The summed E-state index contributed by atoms with van der Waals surface area (Å²) in [5, 5.41) is 7.80. The van der Waals surface area contributed by atoms with Crippen LogP contribution in [0.15, 0.2) is 35.0 Å². The second-order valence-corrected chi connectivity index (χ2v) is 4.47. The van der Waals surface area contributed by atoms with E-state index >= 15 is 0 Å². The minimum Gasteiger partial charge on any atom is -0.381 e. The summed E-state index contributed by atoms with van der Waals surface area (Å²) >= 11 is 5.95. The summed E-state index contributed by atoms with van der Waals surface area (Å²) < 4.78 is 5.25. The van der Waals surface area contributed by atoms with Crippen molar-refractivity contribution in [2.75, 3.05) is 18.4 Å². The van der Waals surface area contributed by atoms with Gasteiger partial charge in [0, 0.05) is 18.0 Å². The predicted octanol–water partition coefficient (Wildman–Crippen LogP) is 2.68. The number of benzene rings is 1. The van der Waals surface area contributed by atoms with Crippen LogP contribution in [0.1, 0.15) is 17.7 Å². The normalized spacial score (nSPS) is 10.6. The van der Waals surface area contributed by atoms with Crippen LogP contribution in [0, 0.1) is 0 Å². The molecule has 4 nitrogen and oxygen atoms in total. The summed E-state index contributed by atoms with van der Waals surface area (Å²) in [6.07, 6.45) is 3.28. The van der Waals surface area contributed by atoms with Crippen LogP contribution in [-0.4, -0.2) is 18.2 Å². The van der Waals surface area contributed by atoms with Crippen LogP contribution in [0.25, 0.3) is 0 Å². The molecule has 96 valence electrons. The van der Waals surface area contributed by atoms with E-state index in [9.17, 15) is 0 Å². The molecule has 0 atom stereocenters. The van der Waals surface area contributed by atoms with E-state index in [1.165, 1.54) is 0 Å². The molecule has 0 fully saturated rings. The first-order valence-corrected chi connectivity index (χ1v) is 6.29. The third-order valence-corrected chi connectivity index (χ3v) is 2.83. The first kappa shape index (κ1) is 12.9. The highest BCUT2D eigenvalue weighted by molar-refractivity contribution is 6.30. The molecule has 2 rings (SSSR count). The zero-order chi connectivity index (χ0) is 12.8. The molecule has 0 spiro atoms. The molecule has 3 N–H and O–H groups in total. The first-order valence-electron chi connectivity index (χ1n) is 5.91. The Hall–Kier alpha value is -1.52. The lowest BCUT2D eigenvalue weighted by Gasteiger charge is -2.04. The zero-order valence-corrected chi connectivity index (χ0v) is 10.8. The van der Waals surface area contributed by atoms with E-state index in [4.69, 9.17) is 21.9 Å². The summed E-state index contributed by atoms with van der Waals surface area (Å²) in [5.41, 5.74) is 7.47. The van der Waals surface area contributed by atoms with Gasteiger partial charge in [-0.25, -0.2) is 0 Å². The molecule has 1 aromatic heterocycles. The van der Waals surface area contributed by atoms with Crippen LogP contribution < -0.4 is 11.1 Å². The quantitative estimate of drug-likeness (QED) is 0.788. The van der Waals surface area contributed by atoms with Gasteiger partial charge in [-0.3, -0.25) is 0 Å². The topological polar surface area (TPSA) is 64.1 Å². The van der Waals surface area contributed by atoms with Crippen LogP contribution in [0.2, 0.25) is 5.02 Å². The Morgan fingerprint density at radius 1 is 1.39 bits per heavy atom. The molecule has 2 aromatic rings. The first-order chi connectivity index (χ1) is 8.79. The van der Waals surface area contributed by atoms with Gasteiger partial charge in [0.15, 0.2) is 5.76 Å². The standard InChI is InChI=1S/C13H16ClN3O/c14-11-4-1-3-10(7-11)8-13-12(9-17-18-13)16-6-2-5-15/h1,3-4,7,9,16H,2,5-6,8,15H2. The predicted molar refractivity (Wildman–Crippen MR) is 72.9 cm³/mol. The number of nitrogens with zero attached hydrogens (tertiary/aromatic N) is 1. The van der Waals surface area contributed by atoms with E-state index in [0.29, 0.717) is 13.0 Å². The number of nitrogens with one attached hydrogen (secondary N) is 1. The highest BCUT2D eigenvalue weighted by Crippen LogP contribution is 2.20. The Morgan fingerprint density at radius 3 is 3.06 bits per heavy atom. The van der Waals surface area contributed by atoms with Gasteiger partial charge in [-0.1, -0.05) is 28.9 Å². The number of nitrogens with two attached hydrogens (primary N) is 1. The lowest BCUT2D eigenvalue weighted by atomic mass is 10.1. The van der Waals surface area contributed by atoms with Gasteiger partial charge in [0.05, 0.1) is 11.9 Å². The number of halogens is 1. The zero-order valence-electron chi connectivity index (χ0n) is 10.0. The average molecular weight is 266 g/mol. The molecular weight excluding hydrogens is 250 g/mol. The maximum atomic E-state index is 5.95. The second kappa shape index (κ2) is 6.42. The van der Waals surface area contributed by atoms with Gasteiger partial charge in [0.25, 0.3) is 0 Å². The fourth-order valence-electron chi connectivity index (χ4n) is 1.69. The monoisotopic (exact) mass is 265 g/mol. The Labute approximate surface area is 111 Å². The number of rotatable bonds is 6. The molecule has 5 heteroatoms. The van der Waals surface area contributed by atoms with Crippen molar-refractivity contribution in [3.05, 3.63) is 46.8 Å². The van der Waals surface area contributed by atoms with E-state index in [1.807, 2.05) is 24.3 Å². The van der Waals surface area contributed by atoms with Crippen molar-refractivity contribution in [1.82, 2.24) is 5.16 Å². The van der Waals surface area contributed by atoms with Crippen molar-refractivity contribution < 1.29 is 4.52 Å². The number of hydrogen-bond donors (Lipinski definition) is 2. The molecule has 0 amide bonds. The van der Waals surface area contributed by atoms with Gasteiger partial charge >= 0.3 is 0 Å². The third kappa shape index (κ3) is 3.48. The van der Waals surface area contributed by atoms with E-state index in [2.05, 4.69) is 10.5 Å². The smallest absolute Gasteiger partial charge is 0.164 e. The summed E-state index contributed by atoms with van der Waals surface area (Å²) in [4.78, 5) is 0. The lowest BCUT2D eigenvalue weighted by Crippen LogP contribution is -2.08. The lowest BCUT2D eigenvalue weighted by molar-refractivity contribution is 0.390. The van der Waals surface area contributed by atoms with E-state index < -0.39 is 0 Å². The number of hydrogen-bond acceptors (Lipinski definition) is 4. The molecule has 0 aliphatic heterocycles. The molecule has 0 aliphatic rings. The van der Waals surface area contributed by atoms with Gasteiger partial charge in [0.2, 0.25) is 0 Å². The van der Waals surface area contributed by atoms with E-state index in [-0.39, 0.29) is 0 Å². The van der Waals surface area contributed by atoms with Crippen molar-refractivity contribution in [3.8, 4) is 0 Å². The van der Waals surface area contributed by atoms with Gasteiger partial charge in [0.1, 0.15) is 0 Å². The Kier molecular flexibility index (Phi) is 4.61. The molecule has 0 saturated carbocycles. The average Bonchev–Trinajstić information content (AvgIpc) is 2.77. The second-order valence-electron chi connectivity index (χ2n) is 4.04.